The smallest absolute Gasteiger partial charge is 0.0619 e. The average molecular weight is 282 g/mol. The molecule has 0 bridgehead atoms. The van der Waals surface area contributed by atoms with Crippen LogP contribution in [0.1, 0.15) is 52.9 Å². The van der Waals surface area contributed by atoms with E-state index >= 15 is 0 Å². The van der Waals surface area contributed by atoms with Gasteiger partial charge in [-0.15, -0.1) is 0 Å². The summed E-state index contributed by atoms with van der Waals surface area (Å²) in [7, 11) is 0. The molecule has 1 saturated carbocycles. The molecule has 1 heterocycles. The molecule has 0 radical (unpaired) electrons. The van der Waals surface area contributed by atoms with Crippen LogP contribution in [0.4, 0.5) is 0 Å². The highest BCUT2D eigenvalue weighted by Gasteiger charge is 2.37. The van der Waals surface area contributed by atoms with E-state index in [2.05, 4.69) is 31.0 Å². The molecule has 20 heavy (non-hydrogen) atoms. The molecule has 0 aromatic carbocycles. The van der Waals surface area contributed by atoms with Crippen LogP contribution in [0.15, 0.2) is 0 Å². The molecule has 1 aliphatic heterocycles. The van der Waals surface area contributed by atoms with Gasteiger partial charge in [-0.2, -0.15) is 0 Å². The molecule has 1 unspecified atom stereocenters. The summed E-state index contributed by atoms with van der Waals surface area (Å²) in [5.74, 6) is 0.927. The maximum Gasteiger partial charge on any atom is 0.0619 e. The van der Waals surface area contributed by atoms with E-state index in [-0.39, 0.29) is 0 Å². The number of hydrogen-bond donors (Lipinski definition) is 1. The first-order valence-electron chi connectivity index (χ1n) is 8.68. The number of hydrogen-bond acceptors (Lipinski definition) is 3. The van der Waals surface area contributed by atoms with E-state index in [0.717, 1.165) is 32.2 Å². The SMILES string of the molecule is CCCNCC1(CN2CCOCC2C)CCC(C)CC1. The molecule has 3 heteroatoms. The van der Waals surface area contributed by atoms with E-state index in [1.54, 1.807) is 0 Å². The summed E-state index contributed by atoms with van der Waals surface area (Å²) in [6.07, 6.45) is 6.85. The predicted octanol–water partition coefficient (Wildman–Crippen LogP) is 2.90. The quantitative estimate of drug-likeness (QED) is 0.758. The van der Waals surface area contributed by atoms with Crippen LogP contribution in [0.5, 0.6) is 0 Å². The summed E-state index contributed by atoms with van der Waals surface area (Å²) in [4.78, 5) is 2.67. The molecule has 2 rings (SSSR count). The second kappa shape index (κ2) is 7.77. The highest BCUT2D eigenvalue weighted by Crippen LogP contribution is 2.39. The molecule has 1 N–H and O–H groups in total. The van der Waals surface area contributed by atoms with Gasteiger partial charge in [0.25, 0.3) is 0 Å². The summed E-state index contributed by atoms with van der Waals surface area (Å²) in [5, 5.41) is 3.71. The zero-order valence-corrected chi connectivity index (χ0v) is 13.8. The molecular weight excluding hydrogens is 248 g/mol. The molecule has 2 aliphatic rings. The Bertz CT molecular complexity index is 274. The van der Waals surface area contributed by atoms with Gasteiger partial charge in [-0.1, -0.05) is 26.7 Å². The van der Waals surface area contributed by atoms with Crippen LogP contribution in [0, 0.1) is 11.3 Å². The molecule has 0 spiro atoms. The Kier molecular flexibility index (Phi) is 6.31. The highest BCUT2D eigenvalue weighted by atomic mass is 16.5. The topological polar surface area (TPSA) is 24.5 Å². The van der Waals surface area contributed by atoms with Gasteiger partial charge in [-0.25, -0.2) is 0 Å². The van der Waals surface area contributed by atoms with Crippen LogP contribution in [-0.2, 0) is 4.74 Å². The van der Waals surface area contributed by atoms with Crippen molar-refractivity contribution in [3.8, 4) is 0 Å². The third-order valence-corrected chi connectivity index (χ3v) is 5.31. The number of ether oxygens (including phenoxy) is 1. The molecule has 1 atom stereocenters. The molecule has 3 nitrogen and oxygen atoms in total. The zero-order valence-electron chi connectivity index (χ0n) is 13.8. The van der Waals surface area contributed by atoms with Crippen LogP contribution in [0.3, 0.4) is 0 Å². The van der Waals surface area contributed by atoms with E-state index in [1.165, 1.54) is 45.2 Å². The lowest BCUT2D eigenvalue weighted by Crippen LogP contribution is -2.52. The minimum Gasteiger partial charge on any atom is -0.379 e. The van der Waals surface area contributed by atoms with Crippen molar-refractivity contribution >= 4 is 0 Å². The molecule has 0 aromatic rings. The fourth-order valence-corrected chi connectivity index (χ4v) is 3.72. The lowest BCUT2D eigenvalue weighted by Gasteiger charge is -2.45. The molecule has 0 aromatic heterocycles. The number of morpholine rings is 1. The van der Waals surface area contributed by atoms with Gasteiger partial charge in [0.1, 0.15) is 0 Å². The summed E-state index contributed by atoms with van der Waals surface area (Å²) in [6.45, 7) is 13.6. The van der Waals surface area contributed by atoms with Gasteiger partial charge in [-0.3, -0.25) is 4.90 Å². The Labute approximate surface area is 125 Å². The molecular formula is C17H34N2O. The minimum atomic E-state index is 0.507. The van der Waals surface area contributed by atoms with Gasteiger partial charge in [0, 0.05) is 25.7 Å². The van der Waals surface area contributed by atoms with Gasteiger partial charge in [0.2, 0.25) is 0 Å². The zero-order chi connectivity index (χ0) is 14.4. The fourth-order valence-electron chi connectivity index (χ4n) is 3.72. The first-order chi connectivity index (χ1) is 9.65. The first-order valence-corrected chi connectivity index (χ1v) is 8.68. The maximum absolute atomic E-state index is 5.59. The van der Waals surface area contributed by atoms with Crippen molar-refractivity contribution in [1.29, 1.82) is 0 Å². The van der Waals surface area contributed by atoms with Gasteiger partial charge < -0.3 is 10.1 Å². The van der Waals surface area contributed by atoms with Crippen molar-refractivity contribution < 1.29 is 4.74 Å². The van der Waals surface area contributed by atoms with E-state index in [9.17, 15) is 0 Å². The van der Waals surface area contributed by atoms with Gasteiger partial charge >= 0.3 is 0 Å². The van der Waals surface area contributed by atoms with Crippen LogP contribution in [-0.4, -0.2) is 50.3 Å². The minimum absolute atomic E-state index is 0.507. The largest absolute Gasteiger partial charge is 0.379 e. The third kappa shape index (κ3) is 4.44. The van der Waals surface area contributed by atoms with E-state index in [1.807, 2.05) is 0 Å². The van der Waals surface area contributed by atoms with Crippen LogP contribution in [0.2, 0.25) is 0 Å². The summed E-state index contributed by atoms with van der Waals surface area (Å²) in [6, 6.07) is 0.589. The summed E-state index contributed by atoms with van der Waals surface area (Å²) in [5.41, 5.74) is 0.507. The van der Waals surface area contributed by atoms with Crippen molar-refractivity contribution in [2.24, 2.45) is 11.3 Å². The molecule has 2 fully saturated rings. The summed E-state index contributed by atoms with van der Waals surface area (Å²) < 4.78 is 5.59. The Hall–Kier alpha value is -0.120. The maximum atomic E-state index is 5.59. The predicted molar refractivity (Wildman–Crippen MR) is 85.1 cm³/mol. The van der Waals surface area contributed by atoms with Gasteiger partial charge in [0.05, 0.1) is 13.2 Å². The van der Waals surface area contributed by atoms with Crippen LogP contribution < -0.4 is 5.32 Å². The van der Waals surface area contributed by atoms with Crippen molar-refractivity contribution in [2.75, 3.05) is 39.4 Å². The molecule has 1 aliphatic carbocycles. The van der Waals surface area contributed by atoms with Crippen molar-refractivity contribution in [2.45, 2.75) is 58.9 Å². The Morgan fingerprint density at radius 1 is 1.25 bits per heavy atom. The number of nitrogens with zero attached hydrogens (tertiary/aromatic N) is 1. The molecule has 0 amide bonds. The molecule has 118 valence electrons. The van der Waals surface area contributed by atoms with Crippen LogP contribution in [0.25, 0.3) is 0 Å². The lowest BCUT2D eigenvalue weighted by atomic mass is 9.70. The second-order valence-electron chi connectivity index (χ2n) is 7.25. The Balaban J connectivity index is 1.94. The normalized spacial score (nSPS) is 36.1. The van der Waals surface area contributed by atoms with E-state index < -0.39 is 0 Å². The Morgan fingerprint density at radius 2 is 2.00 bits per heavy atom. The number of rotatable bonds is 6. The highest BCUT2D eigenvalue weighted by molar-refractivity contribution is 4.91. The van der Waals surface area contributed by atoms with Gasteiger partial charge in [0.15, 0.2) is 0 Å². The third-order valence-electron chi connectivity index (χ3n) is 5.31. The fraction of sp³-hybridized carbons (Fsp3) is 1.00. The van der Waals surface area contributed by atoms with Crippen LogP contribution >= 0.6 is 0 Å². The van der Waals surface area contributed by atoms with Crippen molar-refractivity contribution in [3.63, 3.8) is 0 Å². The van der Waals surface area contributed by atoms with Crippen molar-refractivity contribution in [3.05, 3.63) is 0 Å². The Morgan fingerprint density at radius 3 is 2.65 bits per heavy atom. The average Bonchev–Trinajstić information content (AvgIpc) is 2.45. The second-order valence-corrected chi connectivity index (χ2v) is 7.25. The standard InChI is InChI=1S/C17H34N2O/c1-4-9-18-13-17(7-5-15(2)6-8-17)14-19-10-11-20-12-16(19)3/h15-16,18H,4-14H2,1-3H3. The molecule has 1 saturated heterocycles. The summed E-state index contributed by atoms with van der Waals surface area (Å²) >= 11 is 0. The number of nitrogens with one attached hydrogen (secondary N) is 1. The van der Waals surface area contributed by atoms with Crippen molar-refractivity contribution in [1.82, 2.24) is 10.2 Å². The van der Waals surface area contributed by atoms with E-state index in [4.69, 9.17) is 4.74 Å². The van der Waals surface area contributed by atoms with Gasteiger partial charge in [-0.05, 0) is 44.1 Å². The lowest BCUT2D eigenvalue weighted by molar-refractivity contribution is -0.0292. The monoisotopic (exact) mass is 282 g/mol. The van der Waals surface area contributed by atoms with E-state index in [0.29, 0.717) is 11.5 Å². The first kappa shape index (κ1) is 16.3.